The number of hydrogen-bond donors (Lipinski definition) is 0. The fourth-order valence-corrected chi connectivity index (χ4v) is 1.71. The van der Waals surface area contributed by atoms with Crippen LogP contribution in [0, 0.1) is 0 Å². The highest BCUT2D eigenvalue weighted by molar-refractivity contribution is 5.75. The van der Waals surface area contributed by atoms with Crippen LogP contribution in [-0.2, 0) is 11.3 Å². The molecule has 0 saturated carbocycles. The molecular formula is C12H15NO3. The Balaban J connectivity index is 1.71. The fraction of sp³-hybridized carbons (Fsp3) is 0.500. The van der Waals surface area contributed by atoms with E-state index in [1.165, 1.54) is 0 Å². The van der Waals surface area contributed by atoms with Crippen LogP contribution in [0.1, 0.15) is 13.3 Å². The van der Waals surface area contributed by atoms with Gasteiger partial charge in [0.1, 0.15) is 24.0 Å². The van der Waals surface area contributed by atoms with Gasteiger partial charge in [0.25, 0.3) is 0 Å². The van der Waals surface area contributed by atoms with Gasteiger partial charge in [0.05, 0.1) is 13.2 Å². The second-order valence-corrected chi connectivity index (χ2v) is 4.09. The maximum Gasteiger partial charge on any atom is 0.185 e. The van der Waals surface area contributed by atoms with E-state index in [9.17, 15) is 0 Å². The summed E-state index contributed by atoms with van der Waals surface area (Å²) in [4.78, 5) is 0. The maximum atomic E-state index is 5.57. The van der Waals surface area contributed by atoms with Crippen molar-refractivity contribution in [2.75, 3.05) is 13.2 Å². The van der Waals surface area contributed by atoms with E-state index in [2.05, 4.69) is 6.92 Å². The van der Waals surface area contributed by atoms with E-state index in [-0.39, 0.29) is 0 Å². The van der Waals surface area contributed by atoms with E-state index in [4.69, 9.17) is 14.0 Å². The van der Waals surface area contributed by atoms with E-state index in [0.29, 0.717) is 12.7 Å². The molecule has 0 N–H and O–H groups in total. The third-order valence-corrected chi connectivity index (χ3v) is 2.67. The van der Waals surface area contributed by atoms with Gasteiger partial charge in [0, 0.05) is 6.07 Å². The van der Waals surface area contributed by atoms with E-state index in [1.54, 1.807) is 0 Å². The van der Waals surface area contributed by atoms with Crippen LogP contribution in [-0.4, -0.2) is 24.1 Å². The van der Waals surface area contributed by atoms with Crippen LogP contribution < -0.4 is 4.74 Å². The van der Waals surface area contributed by atoms with Crippen molar-refractivity contribution in [3.05, 3.63) is 18.2 Å². The molecule has 4 nitrogen and oxygen atoms in total. The number of ether oxygens (including phenoxy) is 2. The van der Waals surface area contributed by atoms with Crippen LogP contribution >= 0.6 is 0 Å². The summed E-state index contributed by atoms with van der Waals surface area (Å²) in [6.45, 7) is 4.53. The van der Waals surface area contributed by atoms with Crippen LogP contribution in [0.5, 0.6) is 5.75 Å². The zero-order valence-electron chi connectivity index (χ0n) is 9.31. The monoisotopic (exact) mass is 221 g/mol. The number of rotatable bonds is 5. The average Bonchev–Trinajstić information content (AvgIpc) is 3.07. The van der Waals surface area contributed by atoms with Gasteiger partial charge in [0.2, 0.25) is 0 Å². The summed E-state index contributed by atoms with van der Waals surface area (Å²) in [5, 5.41) is 0. The van der Waals surface area contributed by atoms with E-state index >= 15 is 0 Å². The van der Waals surface area contributed by atoms with Crippen molar-refractivity contribution in [1.82, 2.24) is 4.74 Å². The fourth-order valence-electron chi connectivity index (χ4n) is 1.71. The lowest BCUT2D eigenvalue weighted by Crippen LogP contribution is -2.06. The first-order chi connectivity index (χ1) is 7.86. The molecule has 1 aromatic carbocycles. The normalized spacial score (nSPS) is 19.2. The molecule has 1 unspecified atom stereocenters. The summed E-state index contributed by atoms with van der Waals surface area (Å²) in [5.41, 5.74) is 2.06. The Kier molecular flexibility index (Phi) is 2.36. The first-order valence-electron chi connectivity index (χ1n) is 5.71. The molecule has 0 spiro atoms. The molecule has 0 radical (unpaired) electrons. The van der Waals surface area contributed by atoms with Crippen molar-refractivity contribution in [2.24, 2.45) is 0 Å². The number of epoxide rings is 1. The molecule has 0 aliphatic carbocycles. The smallest absolute Gasteiger partial charge is 0.185 e. The molecule has 1 saturated heterocycles. The zero-order chi connectivity index (χ0) is 11.0. The van der Waals surface area contributed by atoms with Crippen LogP contribution in [0.15, 0.2) is 22.7 Å². The van der Waals surface area contributed by atoms with Gasteiger partial charge in [-0.2, -0.15) is 0 Å². The summed E-state index contributed by atoms with van der Waals surface area (Å²) in [5.74, 6) is 0.852. The summed E-state index contributed by atoms with van der Waals surface area (Å²) in [6.07, 6.45) is 1.38. The summed E-state index contributed by atoms with van der Waals surface area (Å²) >= 11 is 0. The Labute approximate surface area is 93.7 Å². The van der Waals surface area contributed by atoms with Crippen molar-refractivity contribution in [1.29, 1.82) is 0 Å². The molecule has 1 fully saturated rings. The van der Waals surface area contributed by atoms with Crippen molar-refractivity contribution < 1.29 is 14.0 Å². The standard InChI is InChI=1S/C12H15NO3/c1-2-5-13-11-4-3-9(6-12(11)16-13)14-7-10-8-15-10/h3-4,6,10H,2,5,7-8H2,1H3. The highest BCUT2D eigenvalue weighted by atomic mass is 16.6. The molecule has 16 heavy (non-hydrogen) atoms. The molecular weight excluding hydrogens is 206 g/mol. The first kappa shape index (κ1) is 9.78. The SMILES string of the molecule is CCCn1oc2cc(OCC3CO3)ccc21. The van der Waals surface area contributed by atoms with Crippen LogP contribution in [0.4, 0.5) is 0 Å². The largest absolute Gasteiger partial charge is 0.491 e. The van der Waals surface area contributed by atoms with Gasteiger partial charge < -0.3 is 14.0 Å². The van der Waals surface area contributed by atoms with Gasteiger partial charge >= 0.3 is 0 Å². The second-order valence-electron chi connectivity index (χ2n) is 4.09. The topological polar surface area (TPSA) is 39.8 Å². The van der Waals surface area contributed by atoms with Crippen molar-refractivity contribution >= 4 is 11.1 Å². The van der Waals surface area contributed by atoms with Gasteiger partial charge in [-0.1, -0.05) is 6.92 Å². The summed E-state index contributed by atoms with van der Waals surface area (Å²) < 4.78 is 18.1. The molecule has 1 aromatic heterocycles. The lowest BCUT2D eigenvalue weighted by molar-refractivity contribution is 0.254. The minimum Gasteiger partial charge on any atom is -0.491 e. The van der Waals surface area contributed by atoms with E-state index < -0.39 is 0 Å². The Morgan fingerprint density at radius 1 is 1.50 bits per heavy atom. The van der Waals surface area contributed by atoms with Gasteiger partial charge in [-0.15, -0.1) is 0 Å². The zero-order valence-corrected chi connectivity index (χ0v) is 9.31. The molecule has 0 bridgehead atoms. The summed E-state index contributed by atoms with van der Waals surface area (Å²) in [7, 11) is 0. The number of benzene rings is 1. The van der Waals surface area contributed by atoms with Crippen LogP contribution in [0.25, 0.3) is 11.1 Å². The molecule has 0 amide bonds. The molecule has 3 rings (SSSR count). The Bertz CT molecular complexity index is 481. The number of fused-ring (bicyclic) bond motifs is 1. The highest BCUT2D eigenvalue weighted by Crippen LogP contribution is 2.25. The predicted molar refractivity (Wildman–Crippen MR) is 59.7 cm³/mol. The van der Waals surface area contributed by atoms with E-state index in [1.807, 2.05) is 22.9 Å². The summed E-state index contributed by atoms with van der Waals surface area (Å²) in [6, 6.07) is 5.95. The van der Waals surface area contributed by atoms with Crippen molar-refractivity contribution in [2.45, 2.75) is 26.0 Å². The lowest BCUT2D eigenvalue weighted by atomic mass is 10.3. The first-order valence-corrected chi connectivity index (χ1v) is 5.71. The molecule has 1 aliphatic heterocycles. The average molecular weight is 221 g/mol. The number of nitrogens with zero attached hydrogens (tertiary/aromatic N) is 1. The third-order valence-electron chi connectivity index (χ3n) is 2.67. The maximum absolute atomic E-state index is 5.57. The Morgan fingerprint density at radius 3 is 3.06 bits per heavy atom. The molecule has 1 aliphatic rings. The Hall–Kier alpha value is -1.42. The quantitative estimate of drug-likeness (QED) is 0.728. The minimum absolute atomic E-state index is 0.295. The minimum atomic E-state index is 0.295. The molecule has 1 atom stereocenters. The number of hydrogen-bond acceptors (Lipinski definition) is 3. The van der Waals surface area contributed by atoms with Crippen LogP contribution in [0.2, 0.25) is 0 Å². The van der Waals surface area contributed by atoms with Gasteiger partial charge in [-0.25, -0.2) is 4.74 Å². The van der Waals surface area contributed by atoms with Gasteiger partial charge in [-0.3, -0.25) is 0 Å². The third kappa shape index (κ3) is 1.80. The van der Waals surface area contributed by atoms with Crippen LogP contribution in [0.3, 0.4) is 0 Å². The molecule has 2 heterocycles. The Morgan fingerprint density at radius 2 is 2.38 bits per heavy atom. The van der Waals surface area contributed by atoms with Crippen molar-refractivity contribution in [3.63, 3.8) is 0 Å². The predicted octanol–water partition coefficient (Wildman–Crippen LogP) is 2.42. The highest BCUT2D eigenvalue weighted by Gasteiger charge is 2.23. The van der Waals surface area contributed by atoms with Crippen molar-refractivity contribution in [3.8, 4) is 5.75 Å². The van der Waals surface area contributed by atoms with E-state index in [0.717, 1.165) is 36.4 Å². The molecule has 2 aromatic rings. The lowest BCUT2D eigenvalue weighted by Gasteiger charge is -2.14. The number of aromatic nitrogens is 1. The number of aryl methyl sites for hydroxylation is 1. The molecule has 86 valence electrons. The van der Waals surface area contributed by atoms with Gasteiger partial charge in [0.15, 0.2) is 5.58 Å². The second kappa shape index (κ2) is 3.87. The van der Waals surface area contributed by atoms with Gasteiger partial charge in [-0.05, 0) is 18.6 Å². The molecule has 4 heteroatoms.